The van der Waals surface area contributed by atoms with Crippen molar-refractivity contribution >= 4 is 23.1 Å². The molecule has 1 atom stereocenters. The first kappa shape index (κ1) is 29.7. The molecule has 7 nitrogen and oxygen atoms in total. The summed E-state index contributed by atoms with van der Waals surface area (Å²) in [6.45, 7) is 9.49. The van der Waals surface area contributed by atoms with Gasteiger partial charge in [0.15, 0.2) is 11.6 Å². The third kappa shape index (κ3) is 7.90. The number of esters is 1. The van der Waals surface area contributed by atoms with Gasteiger partial charge in [-0.15, -0.1) is 0 Å². The third-order valence-electron chi connectivity index (χ3n) is 6.62. The molecule has 0 radical (unpaired) electrons. The molecule has 0 aliphatic heterocycles. The van der Waals surface area contributed by atoms with Crippen LogP contribution in [0.15, 0.2) is 60.7 Å². The van der Waals surface area contributed by atoms with Crippen LogP contribution in [0.4, 0.5) is 13.6 Å². The maximum Gasteiger partial charge on any atom is 0.408 e. The predicted octanol–water partition coefficient (Wildman–Crippen LogP) is 6.55. The molecule has 0 aliphatic rings. The number of fused-ring (bicyclic) bond motifs is 1. The molecule has 1 heterocycles. The normalized spacial score (nSPS) is 12.3. The lowest BCUT2D eigenvalue weighted by Gasteiger charge is -2.23. The summed E-state index contributed by atoms with van der Waals surface area (Å²) in [6, 6.07) is 16.0. The van der Waals surface area contributed by atoms with E-state index in [0.717, 1.165) is 33.8 Å². The van der Waals surface area contributed by atoms with E-state index in [1.54, 1.807) is 20.8 Å². The highest BCUT2D eigenvalue weighted by molar-refractivity contribution is 5.81. The van der Waals surface area contributed by atoms with Crippen LogP contribution in [0.1, 0.15) is 55.3 Å². The fourth-order valence-electron chi connectivity index (χ4n) is 4.42. The first-order valence-electron chi connectivity index (χ1n) is 13.5. The van der Waals surface area contributed by atoms with Crippen LogP contribution in [0.3, 0.4) is 0 Å². The number of nitrogens with one attached hydrogen (secondary N) is 1. The van der Waals surface area contributed by atoms with Crippen molar-refractivity contribution in [2.45, 2.75) is 72.3 Å². The Morgan fingerprint density at radius 2 is 1.66 bits per heavy atom. The van der Waals surface area contributed by atoms with Crippen molar-refractivity contribution in [3.05, 3.63) is 100 Å². The molecule has 4 aromatic rings. The zero-order valence-electron chi connectivity index (χ0n) is 24.0. The molecule has 0 fully saturated rings. The second-order valence-corrected chi connectivity index (χ2v) is 11.1. The topological polar surface area (TPSA) is 82.4 Å². The van der Waals surface area contributed by atoms with E-state index in [9.17, 15) is 18.4 Å². The highest BCUT2D eigenvalue weighted by Gasteiger charge is 2.27. The van der Waals surface area contributed by atoms with Gasteiger partial charge in [-0.25, -0.2) is 23.4 Å². The van der Waals surface area contributed by atoms with Crippen molar-refractivity contribution in [2.24, 2.45) is 0 Å². The molecule has 0 spiro atoms. The number of halogens is 2. The summed E-state index contributed by atoms with van der Waals surface area (Å²) in [6.07, 6.45) is -0.274. The largest absolute Gasteiger partial charge is 0.459 e. The number of aromatic nitrogens is 2. The number of alkyl carbamates (subject to hydrolysis) is 1. The standard InChI is InChI=1S/C32H35F2N3O4/c1-20-15-27-28(16-21(20)2)37(18-23-11-12-24(33)25(34)17-23)29(35-27)14-13-26(36-31(39)41-32(3,4)5)30(38)40-19-22-9-7-6-8-10-22/h6-12,15-17,26H,13-14,18-19H2,1-5H3,(H,36,39)/t26-/m0/s1. The van der Waals surface area contributed by atoms with Gasteiger partial charge >= 0.3 is 12.1 Å². The van der Waals surface area contributed by atoms with Crippen LogP contribution in [-0.4, -0.2) is 33.3 Å². The summed E-state index contributed by atoms with van der Waals surface area (Å²) in [4.78, 5) is 30.6. The minimum atomic E-state index is -1.01. The van der Waals surface area contributed by atoms with Gasteiger partial charge in [0, 0.05) is 13.0 Å². The number of rotatable bonds is 9. The summed E-state index contributed by atoms with van der Waals surface area (Å²) < 4.78 is 40.4. The molecule has 41 heavy (non-hydrogen) atoms. The number of carbonyl (C=O) groups excluding carboxylic acids is 2. The molecule has 1 amide bonds. The Kier molecular flexibility index (Phi) is 9.05. The maximum atomic E-state index is 14.0. The molecule has 0 bridgehead atoms. The van der Waals surface area contributed by atoms with Crippen LogP contribution < -0.4 is 5.32 Å². The summed E-state index contributed by atoms with van der Waals surface area (Å²) >= 11 is 0. The van der Waals surface area contributed by atoms with E-state index >= 15 is 0 Å². The van der Waals surface area contributed by atoms with Crippen molar-refractivity contribution < 1.29 is 27.8 Å². The smallest absolute Gasteiger partial charge is 0.408 e. The van der Waals surface area contributed by atoms with Gasteiger partial charge in [0.1, 0.15) is 24.1 Å². The first-order valence-corrected chi connectivity index (χ1v) is 13.5. The Bertz CT molecular complexity index is 1540. The van der Waals surface area contributed by atoms with Crippen LogP contribution in [-0.2, 0) is 33.8 Å². The molecule has 0 aliphatic carbocycles. The Balaban J connectivity index is 1.61. The lowest BCUT2D eigenvalue weighted by atomic mass is 10.1. The van der Waals surface area contributed by atoms with E-state index in [1.165, 1.54) is 12.1 Å². The lowest BCUT2D eigenvalue weighted by molar-refractivity contribution is -0.147. The van der Waals surface area contributed by atoms with Gasteiger partial charge in [0.25, 0.3) is 0 Å². The molecular formula is C32H35F2N3O4. The average Bonchev–Trinajstić information content (AvgIpc) is 3.22. The van der Waals surface area contributed by atoms with E-state index < -0.39 is 35.3 Å². The lowest BCUT2D eigenvalue weighted by Crippen LogP contribution is -2.44. The number of nitrogens with zero attached hydrogens (tertiary/aromatic N) is 2. The van der Waals surface area contributed by atoms with Gasteiger partial charge in [-0.2, -0.15) is 0 Å². The molecule has 0 unspecified atom stereocenters. The quantitative estimate of drug-likeness (QED) is 0.234. The summed E-state index contributed by atoms with van der Waals surface area (Å²) in [5, 5.41) is 2.65. The molecule has 1 N–H and O–H groups in total. The van der Waals surface area contributed by atoms with Gasteiger partial charge in [0.2, 0.25) is 0 Å². The van der Waals surface area contributed by atoms with E-state index in [1.807, 2.05) is 60.9 Å². The van der Waals surface area contributed by atoms with E-state index in [0.29, 0.717) is 11.4 Å². The summed E-state index contributed by atoms with van der Waals surface area (Å²) in [5.41, 5.74) is 4.32. The Hall–Kier alpha value is -4.27. The predicted molar refractivity (Wildman–Crippen MR) is 152 cm³/mol. The van der Waals surface area contributed by atoms with Crippen LogP contribution in [0.2, 0.25) is 0 Å². The Morgan fingerprint density at radius 3 is 2.34 bits per heavy atom. The highest BCUT2D eigenvalue weighted by Crippen LogP contribution is 2.24. The molecule has 0 saturated heterocycles. The summed E-state index contributed by atoms with van der Waals surface area (Å²) in [5.74, 6) is -1.82. The van der Waals surface area contributed by atoms with Crippen molar-refractivity contribution in [1.82, 2.24) is 14.9 Å². The number of imidazole rings is 1. The highest BCUT2D eigenvalue weighted by atomic mass is 19.2. The number of hydrogen-bond acceptors (Lipinski definition) is 5. The fraction of sp³-hybridized carbons (Fsp3) is 0.344. The van der Waals surface area contributed by atoms with Crippen molar-refractivity contribution in [1.29, 1.82) is 0 Å². The minimum absolute atomic E-state index is 0.0549. The molecule has 216 valence electrons. The first-order chi connectivity index (χ1) is 19.4. The Morgan fingerprint density at radius 1 is 0.951 bits per heavy atom. The van der Waals surface area contributed by atoms with Crippen LogP contribution in [0.25, 0.3) is 11.0 Å². The van der Waals surface area contributed by atoms with Gasteiger partial charge in [0.05, 0.1) is 11.0 Å². The molecule has 1 aromatic heterocycles. The zero-order valence-corrected chi connectivity index (χ0v) is 24.0. The minimum Gasteiger partial charge on any atom is -0.459 e. The molecule has 4 rings (SSSR count). The second kappa shape index (κ2) is 12.5. The van der Waals surface area contributed by atoms with Gasteiger partial charge in [-0.05, 0) is 87.6 Å². The maximum absolute atomic E-state index is 14.0. The number of ether oxygens (including phenoxy) is 2. The van der Waals surface area contributed by atoms with E-state index in [4.69, 9.17) is 14.5 Å². The third-order valence-corrected chi connectivity index (χ3v) is 6.62. The molecular weight excluding hydrogens is 528 g/mol. The number of aryl methyl sites for hydroxylation is 3. The van der Waals surface area contributed by atoms with Gasteiger partial charge < -0.3 is 19.4 Å². The number of amides is 1. The van der Waals surface area contributed by atoms with Crippen molar-refractivity contribution in [3.8, 4) is 0 Å². The Labute approximate surface area is 238 Å². The van der Waals surface area contributed by atoms with E-state index in [2.05, 4.69) is 5.32 Å². The summed E-state index contributed by atoms with van der Waals surface area (Å²) in [7, 11) is 0. The average molecular weight is 564 g/mol. The number of hydrogen-bond donors (Lipinski definition) is 1. The number of benzene rings is 3. The van der Waals surface area contributed by atoms with Crippen molar-refractivity contribution in [3.63, 3.8) is 0 Å². The van der Waals surface area contributed by atoms with Crippen LogP contribution in [0, 0.1) is 25.5 Å². The fourth-order valence-corrected chi connectivity index (χ4v) is 4.42. The molecule has 3 aromatic carbocycles. The van der Waals surface area contributed by atoms with Crippen LogP contribution in [0.5, 0.6) is 0 Å². The SMILES string of the molecule is Cc1cc2nc(CC[C@H](NC(=O)OC(C)(C)C)C(=O)OCc3ccccc3)n(Cc3ccc(F)c(F)c3)c2cc1C. The zero-order chi connectivity index (χ0) is 29.7. The van der Waals surface area contributed by atoms with Gasteiger partial charge in [-0.3, -0.25) is 0 Å². The molecule has 9 heteroatoms. The van der Waals surface area contributed by atoms with E-state index in [-0.39, 0.29) is 26.0 Å². The molecule has 0 saturated carbocycles. The second-order valence-electron chi connectivity index (χ2n) is 11.1. The monoisotopic (exact) mass is 563 g/mol. The van der Waals surface area contributed by atoms with Crippen LogP contribution >= 0.6 is 0 Å². The van der Waals surface area contributed by atoms with Gasteiger partial charge in [-0.1, -0.05) is 36.4 Å². The van der Waals surface area contributed by atoms with Crippen molar-refractivity contribution in [2.75, 3.05) is 0 Å². The number of carbonyl (C=O) groups is 2.